The summed E-state index contributed by atoms with van der Waals surface area (Å²) in [6.45, 7) is 3.51. The molecule has 3 fully saturated rings. The molecule has 6 heteroatoms. The third-order valence-electron chi connectivity index (χ3n) is 6.77. The third kappa shape index (κ3) is 3.44. The van der Waals surface area contributed by atoms with Gasteiger partial charge < -0.3 is 4.74 Å². The summed E-state index contributed by atoms with van der Waals surface area (Å²) in [4.78, 5) is 17.4. The quantitative estimate of drug-likeness (QED) is 0.761. The van der Waals surface area contributed by atoms with Crippen LogP contribution in [-0.4, -0.2) is 48.2 Å². The molecule has 0 radical (unpaired) electrons. The van der Waals surface area contributed by atoms with Crippen LogP contribution in [0.3, 0.4) is 0 Å². The number of halogens is 1. The Morgan fingerprint density at radius 2 is 1.87 bits per heavy atom. The van der Waals surface area contributed by atoms with Gasteiger partial charge in [0.1, 0.15) is 11.9 Å². The van der Waals surface area contributed by atoms with E-state index in [-0.39, 0.29) is 18.0 Å². The van der Waals surface area contributed by atoms with Crippen LogP contribution < -0.4 is 0 Å². The number of carbonyl (C=O) groups is 1. The maximum absolute atomic E-state index is 13.6. The first kappa shape index (κ1) is 19.1. The smallest absolute Gasteiger partial charge is 0.410 e. The highest BCUT2D eigenvalue weighted by Gasteiger charge is 2.39. The first-order valence-electron chi connectivity index (χ1n) is 10.6. The van der Waals surface area contributed by atoms with Crippen LogP contribution in [-0.2, 0) is 11.2 Å². The first-order chi connectivity index (χ1) is 14.6. The maximum Gasteiger partial charge on any atom is 0.410 e. The van der Waals surface area contributed by atoms with E-state index in [1.165, 1.54) is 12.1 Å². The number of nitriles is 1. The lowest BCUT2D eigenvalue weighted by atomic mass is 9.86. The monoisotopic (exact) mass is 405 g/mol. The van der Waals surface area contributed by atoms with E-state index >= 15 is 0 Å². The summed E-state index contributed by atoms with van der Waals surface area (Å²) >= 11 is 0. The minimum atomic E-state index is -0.392. The molecule has 2 bridgehead atoms. The van der Waals surface area contributed by atoms with E-state index in [0.717, 1.165) is 49.2 Å². The molecule has 0 aliphatic carbocycles. The molecule has 2 aromatic rings. The van der Waals surface area contributed by atoms with Crippen LogP contribution in [0, 0.1) is 23.1 Å². The van der Waals surface area contributed by atoms with E-state index in [0.29, 0.717) is 24.4 Å². The summed E-state index contributed by atoms with van der Waals surface area (Å²) in [5, 5.41) is 9.37. The predicted molar refractivity (Wildman–Crippen MR) is 109 cm³/mol. The van der Waals surface area contributed by atoms with Gasteiger partial charge in [-0.05, 0) is 79.2 Å². The Bertz CT molecular complexity index is 993. The average Bonchev–Trinajstić information content (AvgIpc) is 2.79. The molecule has 2 atom stereocenters. The highest BCUT2D eigenvalue weighted by molar-refractivity contribution is 5.70. The summed E-state index contributed by atoms with van der Waals surface area (Å²) < 4.78 is 19.6. The van der Waals surface area contributed by atoms with Crippen molar-refractivity contribution in [1.29, 1.82) is 5.26 Å². The van der Waals surface area contributed by atoms with Crippen molar-refractivity contribution in [2.75, 3.05) is 26.2 Å². The molecule has 0 saturated carbocycles. The molecule has 1 amide bonds. The van der Waals surface area contributed by atoms with Crippen molar-refractivity contribution in [3.8, 4) is 6.07 Å². The van der Waals surface area contributed by atoms with E-state index in [1.54, 1.807) is 17.0 Å². The van der Waals surface area contributed by atoms with Gasteiger partial charge in [0.15, 0.2) is 0 Å². The number of carbonyl (C=O) groups excluding carboxylic acids is 1. The Morgan fingerprint density at radius 3 is 2.53 bits per heavy atom. The molecule has 1 unspecified atom stereocenters. The fourth-order valence-electron chi connectivity index (χ4n) is 5.13. The van der Waals surface area contributed by atoms with Crippen LogP contribution >= 0.6 is 0 Å². The molecule has 6 rings (SSSR count). The Labute approximate surface area is 175 Å². The van der Waals surface area contributed by atoms with Gasteiger partial charge in [0.25, 0.3) is 0 Å². The molecule has 4 aliphatic rings. The van der Waals surface area contributed by atoms with E-state index < -0.39 is 6.04 Å². The van der Waals surface area contributed by atoms with Gasteiger partial charge in [-0.15, -0.1) is 0 Å². The van der Waals surface area contributed by atoms with Crippen LogP contribution in [0.5, 0.6) is 0 Å². The van der Waals surface area contributed by atoms with Crippen molar-refractivity contribution in [2.45, 2.75) is 31.4 Å². The molecule has 4 aliphatic heterocycles. The second kappa shape index (κ2) is 7.73. The number of benzene rings is 2. The summed E-state index contributed by atoms with van der Waals surface area (Å²) in [6.07, 6.45) is 2.46. The van der Waals surface area contributed by atoms with Crippen molar-refractivity contribution >= 4 is 6.09 Å². The number of nitrogens with zero attached hydrogens (tertiary/aromatic N) is 3. The fraction of sp³-hybridized carbons (Fsp3) is 0.417. The largest absolute Gasteiger partial charge is 0.444 e. The third-order valence-corrected chi connectivity index (χ3v) is 6.77. The van der Waals surface area contributed by atoms with Crippen molar-refractivity contribution in [3.63, 3.8) is 0 Å². The summed E-state index contributed by atoms with van der Waals surface area (Å²) in [7, 11) is 0. The van der Waals surface area contributed by atoms with Crippen LogP contribution in [0.2, 0.25) is 0 Å². The second-order valence-electron chi connectivity index (χ2n) is 8.48. The summed E-state index contributed by atoms with van der Waals surface area (Å²) in [5.74, 6) is 0.118. The minimum Gasteiger partial charge on any atom is -0.444 e. The zero-order valence-corrected chi connectivity index (χ0v) is 16.8. The maximum atomic E-state index is 13.6. The molecule has 3 saturated heterocycles. The Morgan fingerprint density at radius 1 is 1.10 bits per heavy atom. The second-order valence-corrected chi connectivity index (χ2v) is 8.48. The van der Waals surface area contributed by atoms with Crippen molar-refractivity contribution in [2.24, 2.45) is 5.92 Å². The number of hydrogen-bond acceptors (Lipinski definition) is 4. The molecule has 0 N–H and O–H groups in total. The highest BCUT2D eigenvalue weighted by atomic mass is 19.1. The van der Waals surface area contributed by atoms with Gasteiger partial charge in [-0.1, -0.05) is 18.2 Å². The molecular formula is C24H24FN3O2. The predicted octanol–water partition coefficient (Wildman–Crippen LogP) is 3.88. The zero-order valence-electron chi connectivity index (χ0n) is 16.8. The Hall–Kier alpha value is -2.91. The fourth-order valence-corrected chi connectivity index (χ4v) is 5.13. The van der Waals surface area contributed by atoms with E-state index in [9.17, 15) is 14.4 Å². The van der Waals surface area contributed by atoms with Gasteiger partial charge in [0.2, 0.25) is 0 Å². The minimum absolute atomic E-state index is 0.0688. The average molecular weight is 405 g/mol. The molecule has 0 spiro atoms. The lowest BCUT2D eigenvalue weighted by Crippen LogP contribution is -2.53. The van der Waals surface area contributed by atoms with Crippen LogP contribution in [0.4, 0.5) is 9.18 Å². The SMILES string of the molecule is N#Cc1ccc2c(c1)[C@@H](c1ccc(F)cc1)N(C(=O)OC1CN3CCC1CC3)CC2. The number of fused-ring (bicyclic) bond motifs is 4. The number of ether oxygens (including phenoxy) is 1. The van der Waals surface area contributed by atoms with E-state index in [4.69, 9.17) is 4.74 Å². The van der Waals surface area contributed by atoms with Crippen LogP contribution in [0.1, 0.15) is 41.1 Å². The number of piperidine rings is 3. The first-order valence-corrected chi connectivity index (χ1v) is 10.6. The van der Waals surface area contributed by atoms with E-state index in [1.807, 2.05) is 18.2 Å². The topological polar surface area (TPSA) is 56.6 Å². The van der Waals surface area contributed by atoms with Gasteiger partial charge in [0.05, 0.1) is 17.7 Å². The zero-order chi connectivity index (χ0) is 20.7. The van der Waals surface area contributed by atoms with Crippen molar-refractivity contribution in [1.82, 2.24) is 9.80 Å². The normalized spacial score (nSPS) is 27.3. The van der Waals surface area contributed by atoms with Gasteiger partial charge in [0, 0.05) is 13.1 Å². The van der Waals surface area contributed by atoms with Crippen molar-refractivity contribution < 1.29 is 13.9 Å². The Kier molecular flexibility index (Phi) is 4.92. The van der Waals surface area contributed by atoms with Crippen LogP contribution in [0.15, 0.2) is 42.5 Å². The molecule has 154 valence electrons. The molecular weight excluding hydrogens is 381 g/mol. The van der Waals surface area contributed by atoms with Gasteiger partial charge in [-0.25, -0.2) is 9.18 Å². The van der Waals surface area contributed by atoms with E-state index in [2.05, 4.69) is 11.0 Å². The number of amides is 1. The van der Waals surface area contributed by atoms with Gasteiger partial charge >= 0.3 is 6.09 Å². The summed E-state index contributed by atoms with van der Waals surface area (Å²) in [5.41, 5.74) is 3.39. The molecule has 30 heavy (non-hydrogen) atoms. The lowest BCUT2D eigenvalue weighted by Gasteiger charge is -2.45. The standard InChI is InChI=1S/C24H24FN3O2/c25-20-5-3-19(4-6-20)23-21-13-16(14-26)1-2-17(21)9-12-28(23)24(29)30-22-15-27-10-7-18(22)8-11-27/h1-6,13,18,22-23H,7-12,15H2/t22?,23-/m1/s1. The Balaban J connectivity index is 1.47. The lowest BCUT2D eigenvalue weighted by molar-refractivity contribution is -0.0462. The molecule has 5 nitrogen and oxygen atoms in total. The van der Waals surface area contributed by atoms with Gasteiger partial charge in [-0.2, -0.15) is 5.26 Å². The highest BCUT2D eigenvalue weighted by Crippen LogP contribution is 2.37. The van der Waals surface area contributed by atoms with Crippen LogP contribution in [0.25, 0.3) is 0 Å². The summed E-state index contributed by atoms with van der Waals surface area (Å²) in [6, 6.07) is 13.6. The molecule has 2 aromatic carbocycles. The number of hydrogen-bond donors (Lipinski definition) is 0. The molecule has 0 aromatic heterocycles. The van der Waals surface area contributed by atoms with Crippen molar-refractivity contribution in [3.05, 3.63) is 70.5 Å². The molecule has 4 heterocycles. The number of rotatable bonds is 2. The van der Waals surface area contributed by atoms with Gasteiger partial charge in [-0.3, -0.25) is 9.80 Å².